The molecule has 1 aromatic rings. The van der Waals surface area contributed by atoms with Gasteiger partial charge in [-0.3, -0.25) is 0 Å². The number of rotatable bonds is 4. The van der Waals surface area contributed by atoms with Gasteiger partial charge in [0.1, 0.15) is 0 Å². The number of piperidine rings is 1. The van der Waals surface area contributed by atoms with Crippen LogP contribution in [0.2, 0.25) is 0 Å². The van der Waals surface area contributed by atoms with Gasteiger partial charge >= 0.3 is 0 Å². The van der Waals surface area contributed by atoms with Gasteiger partial charge in [-0.05, 0) is 43.4 Å². The molecule has 1 aromatic carbocycles. The lowest BCUT2D eigenvalue weighted by Crippen LogP contribution is -2.40. The van der Waals surface area contributed by atoms with Crippen LogP contribution in [0.1, 0.15) is 36.8 Å². The Morgan fingerprint density at radius 2 is 2.00 bits per heavy atom. The number of fused-ring (bicyclic) bond motifs is 1. The molecule has 21 heavy (non-hydrogen) atoms. The molecular formula is C16H24N2O2S. The molecule has 0 bridgehead atoms. The van der Waals surface area contributed by atoms with Gasteiger partial charge in [0.15, 0.2) is 0 Å². The highest BCUT2D eigenvalue weighted by atomic mass is 32.2. The summed E-state index contributed by atoms with van der Waals surface area (Å²) in [6, 6.07) is 8.54. The summed E-state index contributed by atoms with van der Waals surface area (Å²) in [5, 5.41) is 3.43. The Labute approximate surface area is 127 Å². The highest BCUT2D eigenvalue weighted by Crippen LogP contribution is 2.22. The van der Waals surface area contributed by atoms with Crippen molar-refractivity contribution in [3.63, 3.8) is 0 Å². The van der Waals surface area contributed by atoms with E-state index >= 15 is 0 Å². The number of sulfonamides is 1. The molecule has 1 unspecified atom stereocenters. The van der Waals surface area contributed by atoms with Gasteiger partial charge in [-0.2, -0.15) is 4.31 Å². The summed E-state index contributed by atoms with van der Waals surface area (Å²) >= 11 is 0. The Morgan fingerprint density at radius 1 is 1.19 bits per heavy atom. The first-order chi connectivity index (χ1) is 10.1. The Kier molecular flexibility index (Phi) is 4.62. The van der Waals surface area contributed by atoms with Crippen molar-refractivity contribution in [3.8, 4) is 0 Å². The minimum absolute atomic E-state index is 0.271. The largest absolute Gasteiger partial charge is 0.314 e. The van der Waals surface area contributed by atoms with Crippen LogP contribution >= 0.6 is 0 Å². The minimum Gasteiger partial charge on any atom is -0.314 e. The number of nitrogens with zero attached hydrogens (tertiary/aromatic N) is 1. The maximum absolute atomic E-state index is 12.5. The zero-order chi connectivity index (χ0) is 14.7. The van der Waals surface area contributed by atoms with E-state index in [-0.39, 0.29) is 5.75 Å². The average molecular weight is 308 g/mol. The third-order valence-electron chi connectivity index (χ3n) is 4.63. The Hall–Kier alpha value is -0.910. The van der Waals surface area contributed by atoms with Crippen LogP contribution in [0.25, 0.3) is 0 Å². The van der Waals surface area contributed by atoms with Crippen LogP contribution in [-0.2, 0) is 23.0 Å². The molecule has 2 aliphatic heterocycles. The van der Waals surface area contributed by atoms with E-state index in [0.29, 0.717) is 19.1 Å². The van der Waals surface area contributed by atoms with Crippen LogP contribution in [0.5, 0.6) is 0 Å². The molecule has 1 fully saturated rings. The fourth-order valence-electron chi connectivity index (χ4n) is 3.30. The van der Waals surface area contributed by atoms with Crippen molar-refractivity contribution in [2.45, 2.75) is 44.7 Å². The molecule has 0 amide bonds. The standard InChI is InChI=1S/C16H24N2O2S/c19-21(20,12-9-16-7-3-4-10-17-16)18-11-8-14-5-1-2-6-15(14)13-18/h1-2,5-6,16-17H,3-4,7-13H2. The summed E-state index contributed by atoms with van der Waals surface area (Å²) in [7, 11) is -3.13. The smallest absolute Gasteiger partial charge is 0.214 e. The third-order valence-corrected chi connectivity index (χ3v) is 6.48. The van der Waals surface area contributed by atoms with E-state index in [2.05, 4.69) is 11.4 Å². The van der Waals surface area contributed by atoms with Crippen LogP contribution in [0, 0.1) is 0 Å². The van der Waals surface area contributed by atoms with Gasteiger partial charge in [0.05, 0.1) is 5.75 Å². The number of hydrogen-bond acceptors (Lipinski definition) is 3. The van der Waals surface area contributed by atoms with E-state index in [1.165, 1.54) is 18.4 Å². The van der Waals surface area contributed by atoms with Gasteiger partial charge in [0.2, 0.25) is 10.0 Å². The van der Waals surface area contributed by atoms with Crippen LogP contribution < -0.4 is 5.32 Å². The van der Waals surface area contributed by atoms with Crippen molar-refractivity contribution < 1.29 is 8.42 Å². The van der Waals surface area contributed by atoms with Gasteiger partial charge in [-0.1, -0.05) is 30.7 Å². The Balaban J connectivity index is 1.60. The number of nitrogens with one attached hydrogen (secondary N) is 1. The Bertz CT molecular complexity index is 580. The minimum atomic E-state index is -3.13. The second-order valence-corrected chi connectivity index (χ2v) is 8.19. The fourth-order valence-corrected chi connectivity index (χ4v) is 4.84. The Morgan fingerprint density at radius 3 is 2.76 bits per heavy atom. The van der Waals surface area contributed by atoms with Crippen molar-refractivity contribution in [2.24, 2.45) is 0 Å². The second kappa shape index (κ2) is 6.46. The lowest BCUT2D eigenvalue weighted by Gasteiger charge is -2.29. The molecular weight excluding hydrogens is 284 g/mol. The fraction of sp³-hybridized carbons (Fsp3) is 0.625. The predicted octanol–water partition coefficient (Wildman–Crippen LogP) is 1.91. The van der Waals surface area contributed by atoms with Crippen LogP contribution in [0.15, 0.2) is 24.3 Å². The molecule has 0 aromatic heterocycles. The maximum atomic E-state index is 12.5. The van der Waals surface area contributed by atoms with Crippen LogP contribution in [-0.4, -0.2) is 37.6 Å². The molecule has 2 aliphatic rings. The summed E-state index contributed by atoms with van der Waals surface area (Å²) in [5.74, 6) is 0.271. The van der Waals surface area contributed by atoms with E-state index in [0.717, 1.165) is 31.4 Å². The summed E-state index contributed by atoms with van der Waals surface area (Å²) < 4.78 is 26.7. The molecule has 3 rings (SSSR count). The number of benzene rings is 1. The zero-order valence-electron chi connectivity index (χ0n) is 12.4. The quantitative estimate of drug-likeness (QED) is 0.924. The zero-order valence-corrected chi connectivity index (χ0v) is 13.2. The van der Waals surface area contributed by atoms with Crippen LogP contribution in [0.4, 0.5) is 0 Å². The van der Waals surface area contributed by atoms with Crippen molar-refractivity contribution in [1.82, 2.24) is 9.62 Å². The first-order valence-electron chi connectivity index (χ1n) is 7.93. The molecule has 5 heteroatoms. The van der Waals surface area contributed by atoms with Crippen molar-refractivity contribution in [3.05, 3.63) is 35.4 Å². The first kappa shape index (κ1) is 15.0. The van der Waals surface area contributed by atoms with E-state index in [9.17, 15) is 8.42 Å². The van der Waals surface area contributed by atoms with E-state index < -0.39 is 10.0 Å². The molecule has 1 saturated heterocycles. The normalized spacial score (nSPS) is 23.7. The lowest BCUT2D eigenvalue weighted by atomic mass is 10.0. The van der Waals surface area contributed by atoms with Gasteiger partial charge in [0, 0.05) is 19.1 Å². The molecule has 0 saturated carbocycles. The number of hydrogen-bond donors (Lipinski definition) is 1. The lowest BCUT2D eigenvalue weighted by molar-refractivity contribution is 0.373. The average Bonchev–Trinajstić information content (AvgIpc) is 2.53. The monoisotopic (exact) mass is 308 g/mol. The van der Waals surface area contributed by atoms with Gasteiger partial charge in [-0.15, -0.1) is 0 Å². The molecule has 1 N–H and O–H groups in total. The van der Waals surface area contributed by atoms with Crippen LogP contribution in [0.3, 0.4) is 0 Å². The van der Waals surface area contributed by atoms with E-state index in [4.69, 9.17) is 0 Å². The van der Waals surface area contributed by atoms with E-state index in [1.54, 1.807) is 4.31 Å². The van der Waals surface area contributed by atoms with E-state index in [1.807, 2.05) is 18.2 Å². The topological polar surface area (TPSA) is 49.4 Å². The molecule has 1 atom stereocenters. The molecule has 116 valence electrons. The summed E-state index contributed by atoms with van der Waals surface area (Å²) in [4.78, 5) is 0. The summed E-state index contributed by atoms with van der Waals surface area (Å²) in [5.41, 5.74) is 2.45. The summed E-state index contributed by atoms with van der Waals surface area (Å²) in [6.07, 6.45) is 5.11. The second-order valence-electron chi connectivity index (χ2n) is 6.10. The first-order valence-corrected chi connectivity index (χ1v) is 9.54. The van der Waals surface area contributed by atoms with Gasteiger partial charge in [0.25, 0.3) is 0 Å². The molecule has 0 spiro atoms. The van der Waals surface area contributed by atoms with Gasteiger partial charge in [-0.25, -0.2) is 8.42 Å². The van der Waals surface area contributed by atoms with Crippen molar-refractivity contribution in [2.75, 3.05) is 18.8 Å². The maximum Gasteiger partial charge on any atom is 0.214 e. The molecule has 4 nitrogen and oxygen atoms in total. The SMILES string of the molecule is O=S(=O)(CCC1CCCCN1)N1CCc2ccccc2C1. The highest BCUT2D eigenvalue weighted by molar-refractivity contribution is 7.89. The highest BCUT2D eigenvalue weighted by Gasteiger charge is 2.27. The van der Waals surface area contributed by atoms with Crippen molar-refractivity contribution >= 4 is 10.0 Å². The summed E-state index contributed by atoms with van der Waals surface area (Å²) in [6.45, 7) is 2.19. The predicted molar refractivity (Wildman–Crippen MR) is 84.6 cm³/mol. The van der Waals surface area contributed by atoms with Crippen molar-refractivity contribution in [1.29, 1.82) is 0 Å². The third kappa shape index (κ3) is 3.65. The van der Waals surface area contributed by atoms with Gasteiger partial charge < -0.3 is 5.32 Å². The molecule has 0 aliphatic carbocycles. The molecule has 0 radical (unpaired) electrons. The molecule has 2 heterocycles.